The Morgan fingerprint density at radius 1 is 0.853 bits per heavy atom. The molecule has 0 fully saturated rings. The number of aryl methyl sites for hydroxylation is 1. The number of nitrogens with zero attached hydrogens (tertiary/aromatic N) is 2. The van der Waals surface area contributed by atoms with Crippen molar-refractivity contribution in [2.24, 2.45) is 0 Å². The summed E-state index contributed by atoms with van der Waals surface area (Å²) in [5, 5.41) is 4.63. The Morgan fingerprint density at radius 3 is 2.32 bits per heavy atom. The van der Waals surface area contributed by atoms with Crippen molar-refractivity contribution in [3.8, 4) is 5.75 Å². The number of hydrogen-bond donors (Lipinski definition) is 0. The number of allylic oxidation sites excluding steroid dienone is 2. The van der Waals surface area contributed by atoms with Crippen molar-refractivity contribution in [1.29, 1.82) is 0 Å². The highest BCUT2D eigenvalue weighted by Crippen LogP contribution is 2.43. The zero-order valence-corrected chi connectivity index (χ0v) is 20.7. The average molecular weight is 513 g/mol. The van der Waals surface area contributed by atoms with Gasteiger partial charge in [0.25, 0.3) is 5.52 Å². The number of ether oxygens (including phenoxy) is 1. The fraction of sp³-hybridized carbons (Fsp3) is 0.138. The average Bonchev–Trinajstić information content (AvgIpc) is 3.41. The monoisotopic (exact) mass is 512 g/mol. The van der Waals surface area contributed by atoms with Crippen LogP contribution in [0.3, 0.4) is 0 Å². The Bertz CT molecular complexity index is 1580. The normalized spacial score (nSPS) is 14.3. The van der Waals surface area contributed by atoms with Gasteiger partial charge in [0.05, 0.1) is 11.8 Å². The minimum absolute atomic E-state index is 0. The van der Waals surface area contributed by atoms with E-state index in [-0.39, 0.29) is 17.0 Å². The van der Waals surface area contributed by atoms with Crippen LogP contribution in [0.25, 0.3) is 38.7 Å². The summed E-state index contributed by atoms with van der Waals surface area (Å²) >= 11 is 0. The molecule has 5 aromatic rings. The molecule has 6 rings (SSSR count). The fourth-order valence-electron chi connectivity index (χ4n) is 4.77. The first-order valence-electron chi connectivity index (χ1n) is 11.5. The number of anilines is 1. The van der Waals surface area contributed by atoms with Gasteiger partial charge in [-0.3, -0.25) is 0 Å². The number of oxazole rings is 1. The quantitative estimate of drug-likeness (QED) is 0.343. The molecule has 1 aromatic heterocycles. The molecule has 5 heteroatoms. The van der Waals surface area contributed by atoms with Gasteiger partial charge in [0.15, 0.2) is 5.75 Å². The van der Waals surface area contributed by atoms with E-state index < -0.39 is 0 Å². The van der Waals surface area contributed by atoms with Crippen LogP contribution < -0.4 is 31.2 Å². The molecular formula is C29H25BrN2O2. The van der Waals surface area contributed by atoms with Gasteiger partial charge in [0.2, 0.25) is 11.5 Å². The minimum atomic E-state index is 0. The molecule has 4 aromatic carbocycles. The van der Waals surface area contributed by atoms with Crippen LogP contribution in [-0.2, 0) is 6.54 Å². The zero-order chi connectivity index (χ0) is 22.4. The first-order valence-corrected chi connectivity index (χ1v) is 11.5. The Balaban J connectivity index is 0.00000241. The zero-order valence-electron chi connectivity index (χ0n) is 19.2. The van der Waals surface area contributed by atoms with Crippen LogP contribution >= 0.6 is 0 Å². The van der Waals surface area contributed by atoms with Gasteiger partial charge < -0.3 is 31.0 Å². The summed E-state index contributed by atoms with van der Waals surface area (Å²) in [4.78, 5) is 2.20. The number of halogens is 1. The van der Waals surface area contributed by atoms with Crippen LogP contribution in [0.5, 0.6) is 5.75 Å². The Labute approximate surface area is 209 Å². The van der Waals surface area contributed by atoms with E-state index in [0.29, 0.717) is 0 Å². The van der Waals surface area contributed by atoms with Crippen LogP contribution in [0.2, 0.25) is 0 Å². The second kappa shape index (κ2) is 8.99. The van der Waals surface area contributed by atoms with Crippen molar-refractivity contribution in [3.63, 3.8) is 0 Å². The number of hydrogen-bond acceptors (Lipinski definition) is 3. The highest BCUT2D eigenvalue weighted by Gasteiger charge is 2.26. The van der Waals surface area contributed by atoms with Gasteiger partial charge in [-0.2, -0.15) is 4.57 Å². The lowest BCUT2D eigenvalue weighted by atomic mass is 10.1. The molecule has 0 amide bonds. The topological polar surface area (TPSA) is 29.5 Å². The number of rotatable bonds is 4. The maximum absolute atomic E-state index is 6.33. The number of aromatic nitrogens is 1. The largest absolute Gasteiger partial charge is 1.00 e. The standard InChI is InChI=1S/C29H25N2O2.BrH/c1-3-30-24-18-16-20-10-5-7-12-22(20)28(24)32-26(30)14-9-15-27-31(4-2)25-19-17-21-11-6-8-13-23(21)29(25)33-27;/h5-19H,3-4H2,1-2H3;1H/q+1;/p-1. The molecule has 0 N–H and O–H groups in total. The molecule has 0 bridgehead atoms. The summed E-state index contributed by atoms with van der Waals surface area (Å²) in [6, 6.07) is 25.3. The summed E-state index contributed by atoms with van der Waals surface area (Å²) in [5.41, 5.74) is 3.14. The second-order valence-corrected chi connectivity index (χ2v) is 8.16. The molecule has 1 aliphatic rings. The summed E-state index contributed by atoms with van der Waals surface area (Å²) in [6.45, 7) is 5.94. The molecular weight excluding hydrogens is 488 g/mol. The maximum atomic E-state index is 6.33. The molecule has 0 saturated heterocycles. The van der Waals surface area contributed by atoms with Crippen molar-refractivity contribution in [2.75, 3.05) is 11.4 Å². The second-order valence-electron chi connectivity index (χ2n) is 8.16. The Kier molecular flexibility index (Phi) is 5.88. The number of benzene rings is 4. The lowest BCUT2D eigenvalue weighted by Crippen LogP contribution is -3.00. The Hall–Kier alpha value is -3.57. The van der Waals surface area contributed by atoms with Gasteiger partial charge in [-0.1, -0.05) is 54.6 Å². The van der Waals surface area contributed by atoms with Gasteiger partial charge in [0.1, 0.15) is 6.54 Å². The third-order valence-electron chi connectivity index (χ3n) is 6.35. The molecule has 0 radical (unpaired) electrons. The smallest absolute Gasteiger partial charge is 0.374 e. The fourth-order valence-corrected chi connectivity index (χ4v) is 4.77. The van der Waals surface area contributed by atoms with E-state index in [0.717, 1.165) is 58.2 Å². The summed E-state index contributed by atoms with van der Waals surface area (Å²) in [6.07, 6.45) is 6.05. The van der Waals surface area contributed by atoms with Gasteiger partial charge in [-0.25, -0.2) is 0 Å². The van der Waals surface area contributed by atoms with E-state index in [1.165, 1.54) is 10.8 Å². The summed E-state index contributed by atoms with van der Waals surface area (Å²) in [5.74, 6) is 2.57. The van der Waals surface area contributed by atoms with Crippen LogP contribution in [-0.4, -0.2) is 6.54 Å². The molecule has 0 unspecified atom stereocenters. The van der Waals surface area contributed by atoms with Crippen LogP contribution in [0.15, 0.2) is 95.2 Å². The predicted octanol–water partition coefficient (Wildman–Crippen LogP) is 3.82. The van der Waals surface area contributed by atoms with E-state index in [4.69, 9.17) is 9.15 Å². The van der Waals surface area contributed by atoms with E-state index in [1.54, 1.807) is 0 Å². The van der Waals surface area contributed by atoms with Crippen molar-refractivity contribution in [2.45, 2.75) is 20.4 Å². The first-order chi connectivity index (χ1) is 16.3. The highest BCUT2D eigenvalue weighted by molar-refractivity contribution is 6.02. The van der Waals surface area contributed by atoms with E-state index in [2.05, 4.69) is 96.1 Å². The van der Waals surface area contributed by atoms with Crippen LogP contribution in [0, 0.1) is 0 Å². The van der Waals surface area contributed by atoms with E-state index in [9.17, 15) is 0 Å². The molecule has 0 saturated carbocycles. The predicted molar refractivity (Wildman–Crippen MR) is 134 cm³/mol. The third-order valence-corrected chi connectivity index (χ3v) is 6.35. The molecule has 4 nitrogen and oxygen atoms in total. The molecule has 0 aliphatic carbocycles. The third kappa shape index (κ3) is 3.48. The highest BCUT2D eigenvalue weighted by atomic mass is 79.9. The van der Waals surface area contributed by atoms with Crippen LogP contribution in [0.1, 0.15) is 19.7 Å². The molecule has 0 atom stereocenters. The van der Waals surface area contributed by atoms with E-state index in [1.807, 2.05) is 18.2 Å². The Morgan fingerprint density at radius 2 is 1.56 bits per heavy atom. The van der Waals surface area contributed by atoms with Gasteiger partial charge in [-0.05, 0) is 48.9 Å². The van der Waals surface area contributed by atoms with Gasteiger partial charge in [0, 0.05) is 23.4 Å². The van der Waals surface area contributed by atoms with E-state index >= 15 is 0 Å². The van der Waals surface area contributed by atoms with Crippen LogP contribution in [0.4, 0.5) is 5.69 Å². The van der Waals surface area contributed by atoms with Crippen molar-refractivity contribution in [1.82, 2.24) is 0 Å². The maximum Gasteiger partial charge on any atom is 0.374 e. The van der Waals surface area contributed by atoms with Gasteiger partial charge in [-0.15, -0.1) is 0 Å². The molecule has 34 heavy (non-hydrogen) atoms. The molecule has 0 spiro atoms. The lowest BCUT2D eigenvalue weighted by molar-refractivity contribution is -0.674. The van der Waals surface area contributed by atoms with Crippen molar-refractivity contribution < 1.29 is 30.7 Å². The minimum Gasteiger partial charge on any atom is -1.00 e. The summed E-state index contributed by atoms with van der Waals surface area (Å²) in [7, 11) is 0. The van der Waals surface area contributed by atoms with Crippen molar-refractivity contribution >= 4 is 44.4 Å². The molecule has 1 aliphatic heterocycles. The SMILES string of the molecule is CCN1C(=CC=Cc2oc3c4ccccc4ccc3[n+]2CC)Oc2c1ccc1ccccc21.[Br-]. The summed E-state index contributed by atoms with van der Waals surface area (Å²) < 4.78 is 14.9. The van der Waals surface area contributed by atoms with Crippen molar-refractivity contribution in [3.05, 3.63) is 96.7 Å². The first kappa shape index (κ1) is 22.2. The molecule has 170 valence electrons. The number of fused-ring (bicyclic) bond motifs is 6. The van der Waals surface area contributed by atoms with Gasteiger partial charge >= 0.3 is 5.89 Å². The lowest BCUT2D eigenvalue weighted by Gasteiger charge is -2.14. The molecule has 2 heterocycles.